The molecular formula is C21H21FN4O3. The van der Waals surface area contributed by atoms with Crippen molar-refractivity contribution in [1.82, 2.24) is 19.2 Å². The molecule has 0 atom stereocenters. The molecule has 1 heterocycles. The first-order valence-corrected chi connectivity index (χ1v) is 9.30. The summed E-state index contributed by atoms with van der Waals surface area (Å²) in [7, 11) is 0. The highest BCUT2D eigenvalue weighted by Gasteiger charge is 2.23. The monoisotopic (exact) mass is 396 g/mol. The average Bonchev–Trinajstić information content (AvgIpc) is 2.74. The maximum atomic E-state index is 14.1. The lowest BCUT2D eigenvalue weighted by Crippen LogP contribution is -2.46. The molecule has 0 fully saturated rings. The second-order valence-electron chi connectivity index (χ2n) is 6.34. The third-order valence-electron chi connectivity index (χ3n) is 4.60. The summed E-state index contributed by atoms with van der Waals surface area (Å²) >= 11 is 0. The lowest BCUT2D eigenvalue weighted by molar-refractivity contribution is 0.0761. The topological polar surface area (TPSA) is 77.2 Å². The van der Waals surface area contributed by atoms with Gasteiger partial charge >= 0.3 is 5.69 Å². The van der Waals surface area contributed by atoms with Crippen molar-refractivity contribution in [2.45, 2.75) is 20.4 Å². The smallest absolute Gasteiger partial charge is 0.338 e. The standard InChI is InChI=1S/C21H21FN4O3/c1-3-24(4-2)19(27)18-20(28)25(14-15-10-8-9-13-17(15)22)21(29)26(23-18)16-11-6-5-7-12-16/h5-13H,3-4,14H2,1-2H3. The van der Waals surface area contributed by atoms with Gasteiger partial charge in [0.1, 0.15) is 5.82 Å². The van der Waals surface area contributed by atoms with Crippen LogP contribution in [0.2, 0.25) is 0 Å². The van der Waals surface area contributed by atoms with Gasteiger partial charge in [-0.25, -0.2) is 9.18 Å². The Labute approximate surface area is 166 Å². The average molecular weight is 396 g/mol. The van der Waals surface area contributed by atoms with Crippen molar-refractivity contribution < 1.29 is 9.18 Å². The second kappa shape index (κ2) is 8.64. The molecule has 1 aromatic heterocycles. The van der Waals surface area contributed by atoms with E-state index in [1.807, 2.05) is 0 Å². The highest BCUT2D eigenvalue weighted by Crippen LogP contribution is 2.08. The van der Waals surface area contributed by atoms with E-state index in [9.17, 15) is 18.8 Å². The van der Waals surface area contributed by atoms with Gasteiger partial charge in [-0.1, -0.05) is 36.4 Å². The predicted molar refractivity (Wildman–Crippen MR) is 107 cm³/mol. The molecule has 0 bridgehead atoms. The van der Waals surface area contributed by atoms with Gasteiger partial charge in [-0.05, 0) is 32.0 Å². The van der Waals surface area contributed by atoms with Crippen LogP contribution in [-0.2, 0) is 6.54 Å². The molecule has 7 nitrogen and oxygen atoms in total. The number of halogens is 1. The fourth-order valence-electron chi connectivity index (χ4n) is 2.98. The minimum Gasteiger partial charge on any atom is -0.338 e. The number of carbonyl (C=O) groups excluding carboxylic acids is 1. The summed E-state index contributed by atoms with van der Waals surface area (Å²) in [4.78, 5) is 40.3. The lowest BCUT2D eigenvalue weighted by atomic mass is 10.2. The van der Waals surface area contributed by atoms with Gasteiger partial charge < -0.3 is 4.90 Å². The maximum absolute atomic E-state index is 14.1. The Bertz CT molecular complexity index is 1130. The maximum Gasteiger partial charge on any atom is 0.352 e. The van der Waals surface area contributed by atoms with Gasteiger partial charge in [0.2, 0.25) is 5.69 Å². The van der Waals surface area contributed by atoms with Gasteiger partial charge in [-0.3, -0.25) is 14.2 Å². The van der Waals surface area contributed by atoms with Crippen LogP contribution in [0, 0.1) is 5.82 Å². The Balaban J connectivity index is 2.25. The van der Waals surface area contributed by atoms with Gasteiger partial charge in [0.25, 0.3) is 11.5 Å². The Morgan fingerprint density at radius 3 is 2.24 bits per heavy atom. The minimum absolute atomic E-state index is 0.166. The number of hydrogen-bond acceptors (Lipinski definition) is 4. The van der Waals surface area contributed by atoms with Gasteiger partial charge in [0.05, 0.1) is 12.2 Å². The molecule has 3 rings (SSSR count). The summed E-state index contributed by atoms with van der Waals surface area (Å²) in [5.74, 6) is -1.12. The van der Waals surface area contributed by atoms with Crippen molar-refractivity contribution in [3.8, 4) is 5.69 Å². The van der Waals surface area contributed by atoms with Crippen molar-refractivity contribution in [3.05, 3.63) is 92.5 Å². The molecule has 0 unspecified atom stereocenters. The summed E-state index contributed by atoms with van der Waals surface area (Å²) in [6.07, 6.45) is 0. The molecule has 3 aromatic rings. The molecule has 0 saturated carbocycles. The van der Waals surface area contributed by atoms with E-state index in [4.69, 9.17) is 0 Å². The number of benzene rings is 2. The molecule has 8 heteroatoms. The van der Waals surface area contributed by atoms with E-state index in [-0.39, 0.29) is 17.8 Å². The first-order valence-electron chi connectivity index (χ1n) is 9.30. The first kappa shape index (κ1) is 20.2. The molecule has 0 aliphatic heterocycles. The minimum atomic E-state index is -0.845. The van der Waals surface area contributed by atoms with E-state index in [1.54, 1.807) is 50.2 Å². The van der Waals surface area contributed by atoms with Gasteiger partial charge in [0, 0.05) is 18.7 Å². The molecule has 150 valence electrons. The molecule has 0 saturated heterocycles. The van der Waals surface area contributed by atoms with Crippen molar-refractivity contribution in [1.29, 1.82) is 0 Å². The Morgan fingerprint density at radius 2 is 1.62 bits per heavy atom. The Kier molecular flexibility index (Phi) is 6.01. The van der Waals surface area contributed by atoms with Crippen LogP contribution < -0.4 is 11.2 Å². The Hall–Kier alpha value is -3.55. The fourth-order valence-corrected chi connectivity index (χ4v) is 2.98. The van der Waals surface area contributed by atoms with E-state index in [0.717, 1.165) is 9.25 Å². The van der Waals surface area contributed by atoms with Crippen LogP contribution >= 0.6 is 0 Å². The van der Waals surface area contributed by atoms with Crippen molar-refractivity contribution >= 4 is 5.91 Å². The lowest BCUT2D eigenvalue weighted by Gasteiger charge is -2.19. The van der Waals surface area contributed by atoms with Gasteiger partial charge in [0.15, 0.2) is 0 Å². The van der Waals surface area contributed by atoms with Gasteiger partial charge in [-0.2, -0.15) is 9.78 Å². The SMILES string of the molecule is CCN(CC)C(=O)c1nn(-c2ccccc2)c(=O)n(Cc2ccccc2F)c1=O. The third-order valence-corrected chi connectivity index (χ3v) is 4.60. The molecular weight excluding hydrogens is 375 g/mol. The predicted octanol–water partition coefficient (Wildman–Crippen LogP) is 2.06. The molecule has 0 N–H and O–H groups in total. The van der Waals surface area contributed by atoms with Crippen molar-refractivity contribution in [2.24, 2.45) is 0 Å². The molecule has 0 spiro atoms. The normalized spacial score (nSPS) is 10.7. The second-order valence-corrected chi connectivity index (χ2v) is 6.34. The molecule has 0 aliphatic rings. The van der Waals surface area contributed by atoms with E-state index < -0.39 is 23.0 Å². The first-order chi connectivity index (χ1) is 14.0. The highest BCUT2D eigenvalue weighted by atomic mass is 19.1. The zero-order valence-electron chi connectivity index (χ0n) is 16.2. The van der Waals surface area contributed by atoms with E-state index in [0.29, 0.717) is 18.8 Å². The molecule has 29 heavy (non-hydrogen) atoms. The molecule has 0 radical (unpaired) electrons. The Morgan fingerprint density at radius 1 is 1.00 bits per heavy atom. The summed E-state index contributed by atoms with van der Waals surface area (Å²) < 4.78 is 16.0. The molecule has 2 aromatic carbocycles. The van der Waals surface area contributed by atoms with Crippen LogP contribution in [0.25, 0.3) is 5.69 Å². The molecule has 0 aliphatic carbocycles. The number of aromatic nitrogens is 3. The van der Waals surface area contributed by atoms with Crippen molar-refractivity contribution in [2.75, 3.05) is 13.1 Å². The van der Waals surface area contributed by atoms with E-state index in [2.05, 4.69) is 5.10 Å². The summed E-state index contributed by atoms with van der Waals surface area (Å²) in [6, 6.07) is 14.3. The number of amides is 1. The van der Waals surface area contributed by atoms with Crippen LogP contribution in [-0.4, -0.2) is 38.2 Å². The summed E-state index contributed by atoms with van der Waals surface area (Å²) in [6.45, 7) is 4.03. The summed E-state index contributed by atoms with van der Waals surface area (Å²) in [5.41, 5.74) is -1.41. The van der Waals surface area contributed by atoms with Crippen LogP contribution in [0.1, 0.15) is 29.9 Å². The number of nitrogens with zero attached hydrogens (tertiary/aromatic N) is 4. The van der Waals surface area contributed by atoms with Crippen LogP contribution in [0.3, 0.4) is 0 Å². The largest absolute Gasteiger partial charge is 0.352 e. The summed E-state index contributed by atoms with van der Waals surface area (Å²) in [5, 5.41) is 4.07. The zero-order valence-corrected chi connectivity index (χ0v) is 16.2. The van der Waals surface area contributed by atoms with E-state index in [1.165, 1.54) is 23.1 Å². The number of para-hydroxylation sites is 1. The zero-order chi connectivity index (χ0) is 21.0. The van der Waals surface area contributed by atoms with Crippen molar-refractivity contribution in [3.63, 3.8) is 0 Å². The van der Waals surface area contributed by atoms with Crippen LogP contribution in [0.15, 0.2) is 64.2 Å². The van der Waals surface area contributed by atoms with Gasteiger partial charge in [-0.15, -0.1) is 0 Å². The highest BCUT2D eigenvalue weighted by molar-refractivity contribution is 5.91. The number of rotatable bonds is 6. The third kappa shape index (κ3) is 4.01. The van der Waals surface area contributed by atoms with E-state index >= 15 is 0 Å². The van der Waals surface area contributed by atoms with Crippen LogP contribution in [0.5, 0.6) is 0 Å². The van der Waals surface area contributed by atoms with Crippen LogP contribution in [0.4, 0.5) is 4.39 Å². The number of carbonyl (C=O) groups is 1. The molecule has 1 amide bonds. The quantitative estimate of drug-likeness (QED) is 0.639. The fraction of sp³-hybridized carbons (Fsp3) is 0.238. The number of hydrogen-bond donors (Lipinski definition) is 0.